The highest BCUT2D eigenvalue weighted by Gasteiger charge is 2.45. The molecule has 0 amide bonds. The van der Waals surface area contributed by atoms with Gasteiger partial charge in [-0.05, 0) is 43.4 Å². The number of hydrogen-bond acceptors (Lipinski definition) is 1. The molecule has 0 atom stereocenters. The van der Waals surface area contributed by atoms with Gasteiger partial charge in [-0.2, -0.15) is 0 Å². The highest BCUT2D eigenvalue weighted by atomic mass is 15.0. The largest absolute Gasteiger partial charge is 0.307 e. The Hall–Kier alpha value is -0.820. The highest BCUT2D eigenvalue weighted by molar-refractivity contribution is 5.38. The lowest BCUT2D eigenvalue weighted by Crippen LogP contribution is -2.28. The van der Waals surface area contributed by atoms with Crippen LogP contribution in [0, 0.1) is 0 Å². The molecule has 0 aromatic heterocycles. The quantitative estimate of drug-likeness (QED) is 0.634. The van der Waals surface area contributed by atoms with Gasteiger partial charge in [0, 0.05) is 5.54 Å². The van der Waals surface area contributed by atoms with Gasteiger partial charge in [-0.3, -0.25) is 0 Å². The maximum absolute atomic E-state index is 3.69. The summed E-state index contributed by atoms with van der Waals surface area (Å²) in [5, 5.41) is 3.69. The fourth-order valence-corrected chi connectivity index (χ4v) is 2.48. The van der Waals surface area contributed by atoms with Crippen molar-refractivity contribution in [1.29, 1.82) is 0 Å². The predicted molar refractivity (Wildman–Crippen MR) is 53.7 cm³/mol. The normalized spacial score (nSPS) is 23.7. The van der Waals surface area contributed by atoms with Crippen LogP contribution >= 0.6 is 0 Å². The Kier molecular flexibility index (Phi) is 1.50. The molecule has 1 saturated carbocycles. The lowest BCUT2D eigenvalue weighted by atomic mass is 9.97. The van der Waals surface area contributed by atoms with Gasteiger partial charge < -0.3 is 5.32 Å². The molecule has 2 aliphatic rings. The lowest BCUT2D eigenvalue weighted by molar-refractivity contribution is 0.530. The molecule has 0 saturated heterocycles. The smallest absolute Gasteiger partial charge is 0.0439 e. The van der Waals surface area contributed by atoms with E-state index in [1.54, 1.807) is 11.1 Å². The first kappa shape index (κ1) is 7.57. The average Bonchev–Trinajstić information content (AvgIpc) is 2.96. The highest BCUT2D eigenvalue weighted by Crippen LogP contribution is 2.47. The molecule has 1 spiro atoms. The summed E-state index contributed by atoms with van der Waals surface area (Å²) in [5.74, 6) is 0. The molecule has 1 fully saturated rings. The molecule has 1 N–H and O–H groups in total. The summed E-state index contributed by atoms with van der Waals surface area (Å²) in [4.78, 5) is 0. The van der Waals surface area contributed by atoms with Gasteiger partial charge in [0.05, 0.1) is 0 Å². The minimum Gasteiger partial charge on any atom is -0.307 e. The van der Waals surface area contributed by atoms with Crippen molar-refractivity contribution in [2.45, 2.75) is 31.2 Å². The molecule has 1 heterocycles. The van der Waals surface area contributed by atoms with Gasteiger partial charge in [-0.15, -0.1) is 0 Å². The Morgan fingerprint density at radius 2 is 2.00 bits per heavy atom. The van der Waals surface area contributed by atoms with Crippen molar-refractivity contribution in [2.75, 3.05) is 6.54 Å². The summed E-state index contributed by atoms with van der Waals surface area (Å²) >= 11 is 0. The maximum atomic E-state index is 3.69. The van der Waals surface area contributed by atoms with E-state index >= 15 is 0 Å². The lowest BCUT2D eigenvalue weighted by Gasteiger charge is -2.16. The third kappa shape index (κ3) is 1.11. The van der Waals surface area contributed by atoms with Crippen molar-refractivity contribution in [3.8, 4) is 0 Å². The van der Waals surface area contributed by atoms with Gasteiger partial charge in [-0.1, -0.05) is 24.3 Å². The van der Waals surface area contributed by atoms with E-state index in [4.69, 9.17) is 0 Å². The van der Waals surface area contributed by atoms with Gasteiger partial charge in [0.2, 0.25) is 0 Å². The maximum Gasteiger partial charge on any atom is 0.0439 e. The second kappa shape index (κ2) is 2.58. The molecule has 13 heavy (non-hydrogen) atoms. The summed E-state index contributed by atoms with van der Waals surface area (Å²) in [6.07, 6.45) is 5.22. The zero-order valence-electron chi connectivity index (χ0n) is 7.84. The van der Waals surface area contributed by atoms with E-state index in [-0.39, 0.29) is 0 Å². The Labute approximate surface area is 79.2 Å². The third-order valence-electron chi connectivity index (χ3n) is 3.37. The van der Waals surface area contributed by atoms with Gasteiger partial charge >= 0.3 is 0 Å². The molecule has 0 bridgehead atoms. The van der Waals surface area contributed by atoms with Crippen LogP contribution in [0.25, 0.3) is 0 Å². The molecule has 1 aromatic rings. The Bertz CT molecular complexity index is 326. The van der Waals surface area contributed by atoms with E-state index in [1.807, 2.05) is 0 Å². The Morgan fingerprint density at radius 3 is 2.85 bits per heavy atom. The number of hydrogen-bond donors (Lipinski definition) is 1. The van der Waals surface area contributed by atoms with E-state index in [0.29, 0.717) is 5.54 Å². The monoisotopic (exact) mass is 173 g/mol. The molecule has 3 rings (SSSR count). The third-order valence-corrected chi connectivity index (χ3v) is 3.37. The van der Waals surface area contributed by atoms with Crippen molar-refractivity contribution in [3.05, 3.63) is 35.4 Å². The second-order valence-electron chi connectivity index (χ2n) is 4.27. The van der Waals surface area contributed by atoms with Crippen LogP contribution < -0.4 is 5.32 Å². The molecule has 0 radical (unpaired) electrons. The van der Waals surface area contributed by atoms with Crippen LogP contribution in [0.5, 0.6) is 0 Å². The molecule has 1 aliphatic carbocycles. The van der Waals surface area contributed by atoms with Crippen LogP contribution in [0.15, 0.2) is 24.3 Å². The zero-order valence-corrected chi connectivity index (χ0v) is 7.84. The van der Waals surface area contributed by atoms with Crippen molar-refractivity contribution >= 4 is 0 Å². The summed E-state index contributed by atoms with van der Waals surface area (Å²) in [6.45, 7) is 1.19. The minimum absolute atomic E-state index is 0.396. The van der Waals surface area contributed by atoms with Crippen molar-refractivity contribution < 1.29 is 0 Å². The number of nitrogens with one attached hydrogen (secondary N) is 1. The summed E-state index contributed by atoms with van der Waals surface area (Å²) < 4.78 is 0. The molecule has 0 unspecified atom stereocenters. The van der Waals surface area contributed by atoms with Crippen molar-refractivity contribution in [3.63, 3.8) is 0 Å². The number of fused-ring (bicyclic) bond motifs is 2. The summed E-state index contributed by atoms with van der Waals surface area (Å²) in [6, 6.07) is 8.94. The molecule has 68 valence electrons. The van der Waals surface area contributed by atoms with Gasteiger partial charge in [-0.25, -0.2) is 0 Å². The summed E-state index contributed by atoms with van der Waals surface area (Å²) in [7, 11) is 0. The zero-order chi connectivity index (χ0) is 8.73. The van der Waals surface area contributed by atoms with Crippen LogP contribution in [0.3, 0.4) is 0 Å². The topological polar surface area (TPSA) is 12.0 Å². The van der Waals surface area contributed by atoms with Gasteiger partial charge in [0.25, 0.3) is 0 Å². The van der Waals surface area contributed by atoms with Crippen LogP contribution in [-0.2, 0) is 12.0 Å². The molecule has 1 aliphatic heterocycles. The first-order valence-electron chi connectivity index (χ1n) is 5.24. The number of aryl methyl sites for hydroxylation is 1. The van der Waals surface area contributed by atoms with Crippen LogP contribution in [0.2, 0.25) is 0 Å². The number of rotatable bonds is 0. The van der Waals surface area contributed by atoms with E-state index in [2.05, 4.69) is 29.6 Å². The Balaban J connectivity index is 2.11. The van der Waals surface area contributed by atoms with Crippen molar-refractivity contribution in [1.82, 2.24) is 5.32 Å². The van der Waals surface area contributed by atoms with Crippen LogP contribution in [0.1, 0.15) is 30.4 Å². The van der Waals surface area contributed by atoms with E-state index < -0.39 is 0 Å². The minimum atomic E-state index is 0.396. The van der Waals surface area contributed by atoms with Crippen LogP contribution in [0.4, 0.5) is 0 Å². The van der Waals surface area contributed by atoms with E-state index in [9.17, 15) is 0 Å². The van der Waals surface area contributed by atoms with Gasteiger partial charge in [0.15, 0.2) is 0 Å². The molecular weight excluding hydrogens is 158 g/mol. The van der Waals surface area contributed by atoms with Gasteiger partial charge in [0.1, 0.15) is 0 Å². The first-order valence-corrected chi connectivity index (χ1v) is 5.24. The molecular formula is C12H15N. The first-order chi connectivity index (χ1) is 6.41. The summed E-state index contributed by atoms with van der Waals surface area (Å²) in [5.41, 5.74) is 3.55. The predicted octanol–water partition coefficient (Wildman–Crippen LogP) is 2.21. The number of benzene rings is 1. The Morgan fingerprint density at radius 1 is 1.15 bits per heavy atom. The SMILES string of the molecule is c1ccc2c(c1)CCCNC21CC1. The van der Waals surface area contributed by atoms with Crippen LogP contribution in [-0.4, -0.2) is 6.54 Å². The second-order valence-corrected chi connectivity index (χ2v) is 4.27. The fourth-order valence-electron chi connectivity index (χ4n) is 2.48. The van der Waals surface area contributed by atoms with E-state index in [0.717, 1.165) is 0 Å². The van der Waals surface area contributed by atoms with E-state index in [1.165, 1.54) is 32.2 Å². The van der Waals surface area contributed by atoms with Crippen molar-refractivity contribution in [2.24, 2.45) is 0 Å². The fraction of sp³-hybridized carbons (Fsp3) is 0.500. The molecule has 1 aromatic carbocycles. The molecule has 1 heteroatoms. The average molecular weight is 173 g/mol. The standard InChI is InChI=1S/C12H15N/c1-2-6-11-10(4-1)5-3-9-13-12(11)7-8-12/h1-2,4,6,13H,3,5,7-9H2. The molecule has 1 nitrogen and oxygen atoms in total.